The Morgan fingerprint density at radius 2 is 1.53 bits per heavy atom. The first-order valence-corrected chi connectivity index (χ1v) is 12.5. The number of hydrogen-bond acceptors (Lipinski definition) is 3. The van der Waals surface area contributed by atoms with Gasteiger partial charge in [-0.15, -0.1) is 0 Å². The number of carbonyl (C=O) groups excluding carboxylic acids is 1. The molecule has 3 aromatic carbocycles. The highest BCUT2D eigenvalue weighted by molar-refractivity contribution is 6.30. The third kappa shape index (κ3) is 5.72. The van der Waals surface area contributed by atoms with Gasteiger partial charge in [0.1, 0.15) is 24.1 Å². The molecule has 0 aromatic heterocycles. The Morgan fingerprint density at radius 1 is 0.972 bits per heavy atom. The highest BCUT2D eigenvalue weighted by Crippen LogP contribution is 2.44. The van der Waals surface area contributed by atoms with Crippen LogP contribution in [0.3, 0.4) is 0 Å². The molecule has 0 saturated carbocycles. The highest BCUT2D eigenvalue weighted by atomic mass is 35.5. The van der Waals surface area contributed by atoms with Crippen molar-refractivity contribution in [3.63, 3.8) is 0 Å². The summed E-state index contributed by atoms with van der Waals surface area (Å²) in [6.45, 7) is 1.88. The van der Waals surface area contributed by atoms with Crippen molar-refractivity contribution in [1.82, 2.24) is 4.90 Å². The summed E-state index contributed by atoms with van der Waals surface area (Å²) < 4.78 is 19.9. The maximum absolute atomic E-state index is 13.9. The minimum absolute atomic E-state index is 0.172. The molecule has 1 heterocycles. The Labute approximate surface area is 219 Å². The monoisotopic (exact) mass is 529 g/mol. The molecular formula is C28H26Cl2FNO4. The van der Waals surface area contributed by atoms with Crippen LogP contribution in [0.25, 0.3) is 0 Å². The van der Waals surface area contributed by atoms with Crippen molar-refractivity contribution in [2.45, 2.75) is 50.5 Å². The molecule has 0 radical (unpaired) electrons. The number of ether oxygens (including phenoxy) is 1. The summed E-state index contributed by atoms with van der Waals surface area (Å²) in [6.07, 6.45) is -0.611. The lowest BCUT2D eigenvalue weighted by atomic mass is 9.88. The van der Waals surface area contributed by atoms with E-state index in [0.29, 0.717) is 27.6 Å². The van der Waals surface area contributed by atoms with E-state index in [1.54, 1.807) is 48.5 Å². The Kier molecular flexibility index (Phi) is 8.29. The fourth-order valence-corrected chi connectivity index (χ4v) is 4.89. The van der Waals surface area contributed by atoms with Crippen LogP contribution >= 0.6 is 23.2 Å². The first-order chi connectivity index (χ1) is 17.3. The van der Waals surface area contributed by atoms with Gasteiger partial charge in [0.05, 0.1) is 6.04 Å². The maximum atomic E-state index is 13.9. The van der Waals surface area contributed by atoms with E-state index in [1.807, 2.05) is 19.1 Å². The second-order valence-electron chi connectivity index (χ2n) is 8.81. The molecule has 188 valence electrons. The number of benzene rings is 3. The van der Waals surface area contributed by atoms with E-state index in [1.165, 1.54) is 17.0 Å². The van der Waals surface area contributed by atoms with Crippen LogP contribution in [0.4, 0.5) is 4.39 Å². The number of morpholine rings is 1. The van der Waals surface area contributed by atoms with Crippen LogP contribution in [-0.2, 0) is 20.7 Å². The summed E-state index contributed by atoms with van der Waals surface area (Å²) >= 11 is 12.3. The van der Waals surface area contributed by atoms with Crippen molar-refractivity contribution in [3.05, 3.63) is 105 Å². The average Bonchev–Trinajstić information content (AvgIpc) is 2.86. The number of carbonyl (C=O) groups is 2. The molecule has 0 aliphatic carbocycles. The molecular weight excluding hydrogens is 504 g/mol. The minimum Gasteiger partial charge on any atom is -0.480 e. The van der Waals surface area contributed by atoms with E-state index in [0.717, 1.165) is 5.56 Å². The van der Waals surface area contributed by atoms with Gasteiger partial charge in [0, 0.05) is 16.5 Å². The van der Waals surface area contributed by atoms with Crippen molar-refractivity contribution in [3.8, 4) is 0 Å². The first kappa shape index (κ1) is 26.1. The number of amides is 1. The third-order valence-electron chi connectivity index (χ3n) is 6.35. The smallest absolute Gasteiger partial charge is 0.326 e. The van der Waals surface area contributed by atoms with E-state index < -0.39 is 36.2 Å². The van der Waals surface area contributed by atoms with Crippen molar-refractivity contribution in [2.24, 2.45) is 0 Å². The van der Waals surface area contributed by atoms with Crippen LogP contribution in [0.2, 0.25) is 10.0 Å². The van der Waals surface area contributed by atoms with Crippen LogP contribution in [0.15, 0.2) is 72.8 Å². The lowest BCUT2D eigenvalue weighted by Crippen LogP contribution is -2.57. The molecule has 1 N–H and O–H groups in total. The largest absolute Gasteiger partial charge is 0.480 e. The second kappa shape index (κ2) is 11.4. The topological polar surface area (TPSA) is 66.8 Å². The highest BCUT2D eigenvalue weighted by Gasteiger charge is 2.48. The molecule has 5 nitrogen and oxygen atoms in total. The van der Waals surface area contributed by atoms with E-state index in [-0.39, 0.29) is 18.7 Å². The predicted molar refractivity (Wildman–Crippen MR) is 137 cm³/mol. The zero-order valence-electron chi connectivity index (χ0n) is 19.6. The molecule has 4 unspecified atom stereocenters. The Hall–Kier alpha value is -2.93. The number of carboxylic acid groups (broad SMARTS) is 1. The lowest BCUT2D eigenvalue weighted by Gasteiger charge is -2.47. The zero-order valence-corrected chi connectivity index (χ0v) is 21.1. The van der Waals surface area contributed by atoms with E-state index in [2.05, 4.69) is 0 Å². The fraction of sp³-hybridized carbons (Fsp3) is 0.286. The quantitative estimate of drug-likeness (QED) is 0.355. The van der Waals surface area contributed by atoms with Crippen LogP contribution in [0.1, 0.15) is 48.6 Å². The van der Waals surface area contributed by atoms with Gasteiger partial charge in [-0.2, -0.15) is 0 Å². The van der Waals surface area contributed by atoms with Crippen molar-refractivity contribution in [1.29, 1.82) is 0 Å². The average molecular weight is 530 g/mol. The summed E-state index contributed by atoms with van der Waals surface area (Å²) in [5.74, 6) is -1.89. The van der Waals surface area contributed by atoms with Crippen LogP contribution in [-0.4, -0.2) is 34.0 Å². The van der Waals surface area contributed by atoms with Crippen LogP contribution in [0, 0.1) is 5.82 Å². The van der Waals surface area contributed by atoms with Gasteiger partial charge in [0.15, 0.2) is 0 Å². The van der Waals surface area contributed by atoms with E-state index >= 15 is 0 Å². The molecule has 1 saturated heterocycles. The van der Waals surface area contributed by atoms with Gasteiger partial charge in [-0.3, -0.25) is 4.79 Å². The number of carboxylic acids is 1. The summed E-state index contributed by atoms with van der Waals surface area (Å²) in [5, 5.41) is 11.2. The summed E-state index contributed by atoms with van der Waals surface area (Å²) in [4.78, 5) is 27.8. The van der Waals surface area contributed by atoms with Gasteiger partial charge in [-0.1, -0.05) is 72.9 Å². The molecule has 1 aliphatic heterocycles. The number of rotatable bonds is 8. The molecule has 1 aliphatic rings. The second-order valence-corrected chi connectivity index (χ2v) is 9.68. The van der Waals surface area contributed by atoms with Crippen molar-refractivity contribution >= 4 is 35.1 Å². The first-order valence-electron chi connectivity index (χ1n) is 11.7. The molecule has 0 spiro atoms. The van der Waals surface area contributed by atoms with E-state index in [9.17, 15) is 19.1 Å². The molecule has 0 bridgehead atoms. The van der Waals surface area contributed by atoms with Crippen molar-refractivity contribution in [2.75, 3.05) is 0 Å². The van der Waals surface area contributed by atoms with Gasteiger partial charge >= 0.3 is 5.97 Å². The summed E-state index contributed by atoms with van der Waals surface area (Å²) in [6, 6.07) is 18.1. The number of hydrogen-bond donors (Lipinski definition) is 1. The zero-order chi connectivity index (χ0) is 25.8. The molecule has 1 fully saturated rings. The Morgan fingerprint density at radius 3 is 2.06 bits per heavy atom. The van der Waals surface area contributed by atoms with Gasteiger partial charge in [0.2, 0.25) is 0 Å². The SMILES string of the molecule is CCCC(C(=O)O)N1C(=O)C(Cc2ccc(F)cc2)OC(c2ccc(Cl)cc2)C1c1ccc(Cl)cc1. The Bertz CT molecular complexity index is 1200. The lowest BCUT2D eigenvalue weighted by molar-refractivity contribution is -0.184. The van der Waals surface area contributed by atoms with Gasteiger partial charge in [-0.25, -0.2) is 9.18 Å². The van der Waals surface area contributed by atoms with Gasteiger partial charge in [-0.05, 0) is 59.5 Å². The standard InChI is InChI=1S/C28H26Cl2FNO4/c1-2-3-23(28(34)35)32-25(18-6-10-20(29)11-7-18)26(19-8-12-21(30)13-9-19)36-24(27(32)33)16-17-4-14-22(31)15-5-17/h4-15,23-26H,2-3,16H2,1H3,(H,34,35). The predicted octanol–water partition coefficient (Wildman–Crippen LogP) is 6.64. The normalized spacial score (nSPS) is 20.8. The molecule has 4 atom stereocenters. The van der Waals surface area contributed by atoms with Gasteiger partial charge < -0.3 is 14.7 Å². The molecule has 1 amide bonds. The Balaban J connectivity index is 1.84. The van der Waals surface area contributed by atoms with E-state index in [4.69, 9.17) is 27.9 Å². The van der Waals surface area contributed by atoms with Gasteiger partial charge in [0.25, 0.3) is 5.91 Å². The minimum atomic E-state index is -1.08. The third-order valence-corrected chi connectivity index (χ3v) is 6.86. The molecule has 8 heteroatoms. The maximum Gasteiger partial charge on any atom is 0.326 e. The van der Waals surface area contributed by atoms with Crippen molar-refractivity contribution < 1.29 is 23.8 Å². The van der Waals surface area contributed by atoms with Crippen LogP contribution in [0.5, 0.6) is 0 Å². The fourth-order valence-electron chi connectivity index (χ4n) is 4.64. The molecule has 36 heavy (non-hydrogen) atoms. The number of halogens is 3. The summed E-state index contributed by atoms with van der Waals surface area (Å²) in [5.41, 5.74) is 2.16. The summed E-state index contributed by atoms with van der Waals surface area (Å²) in [7, 11) is 0. The molecule has 4 rings (SSSR count). The number of aliphatic carboxylic acids is 1. The molecule has 3 aromatic rings. The van der Waals surface area contributed by atoms with Crippen LogP contribution < -0.4 is 0 Å². The number of nitrogens with zero attached hydrogens (tertiary/aromatic N) is 1.